The quantitative estimate of drug-likeness (QED) is 0.723. The number of nitrogen functional groups attached to an aromatic ring is 1. The molecule has 3 nitrogen and oxygen atoms in total. The average molecular weight is 185 g/mol. The van der Waals surface area contributed by atoms with Gasteiger partial charge in [-0.1, -0.05) is 0 Å². The molecule has 0 aliphatic rings. The number of thioether (sulfide) groups is 1. The molecule has 1 heterocycles. The Morgan fingerprint density at radius 1 is 1.67 bits per heavy atom. The summed E-state index contributed by atoms with van der Waals surface area (Å²) in [6.07, 6.45) is 3.24. The van der Waals surface area contributed by atoms with Crippen LogP contribution in [0.4, 0.5) is 5.82 Å². The Labute approximate surface area is 77.3 Å². The zero-order chi connectivity index (χ0) is 8.97. The Balaban J connectivity index is 2.45. The van der Waals surface area contributed by atoms with Crippen LogP contribution in [0.15, 0.2) is 6.07 Å². The first-order valence-corrected chi connectivity index (χ1v) is 5.42. The minimum atomic E-state index is 0.772. The summed E-state index contributed by atoms with van der Waals surface area (Å²) in [6.45, 7) is 2.89. The van der Waals surface area contributed by atoms with Gasteiger partial charge >= 0.3 is 0 Å². The van der Waals surface area contributed by atoms with Gasteiger partial charge < -0.3 is 5.73 Å². The standard InChI is InChI=1S/C8H15N3S/c1-7-6-8(9)11(10-7)4-3-5-12-2/h6H,3-5,9H2,1-2H3. The molecule has 0 amide bonds. The van der Waals surface area contributed by atoms with Crippen LogP contribution in [-0.2, 0) is 6.54 Å². The van der Waals surface area contributed by atoms with Crippen LogP contribution in [0.25, 0.3) is 0 Å². The highest BCUT2D eigenvalue weighted by molar-refractivity contribution is 7.98. The van der Waals surface area contributed by atoms with E-state index in [9.17, 15) is 0 Å². The van der Waals surface area contributed by atoms with Crippen molar-refractivity contribution in [3.8, 4) is 0 Å². The van der Waals surface area contributed by atoms with Crippen molar-refractivity contribution in [2.45, 2.75) is 19.9 Å². The summed E-state index contributed by atoms with van der Waals surface area (Å²) in [4.78, 5) is 0. The predicted molar refractivity (Wildman–Crippen MR) is 54.4 cm³/mol. The van der Waals surface area contributed by atoms with Crippen molar-refractivity contribution >= 4 is 17.6 Å². The highest BCUT2D eigenvalue weighted by Gasteiger charge is 1.99. The zero-order valence-electron chi connectivity index (χ0n) is 7.58. The first-order chi connectivity index (χ1) is 5.74. The van der Waals surface area contributed by atoms with E-state index >= 15 is 0 Å². The molecule has 12 heavy (non-hydrogen) atoms. The zero-order valence-corrected chi connectivity index (χ0v) is 8.40. The fraction of sp³-hybridized carbons (Fsp3) is 0.625. The molecule has 0 aliphatic carbocycles. The lowest BCUT2D eigenvalue weighted by Gasteiger charge is -2.01. The van der Waals surface area contributed by atoms with E-state index in [1.807, 2.05) is 29.4 Å². The Kier molecular flexibility index (Phi) is 3.47. The Morgan fingerprint density at radius 3 is 2.92 bits per heavy atom. The molecule has 0 aromatic carbocycles. The predicted octanol–water partition coefficient (Wildman–Crippen LogP) is 1.53. The van der Waals surface area contributed by atoms with E-state index in [1.54, 1.807) is 0 Å². The van der Waals surface area contributed by atoms with Crippen LogP contribution in [0.3, 0.4) is 0 Å². The second-order valence-corrected chi connectivity index (χ2v) is 3.77. The van der Waals surface area contributed by atoms with Gasteiger partial charge in [0.05, 0.1) is 5.69 Å². The molecule has 0 radical (unpaired) electrons. The Bertz CT molecular complexity index is 244. The van der Waals surface area contributed by atoms with Crippen LogP contribution in [0, 0.1) is 6.92 Å². The molecule has 1 aromatic heterocycles. The lowest BCUT2D eigenvalue weighted by molar-refractivity contribution is 0.610. The Hall–Kier alpha value is -0.640. The van der Waals surface area contributed by atoms with Gasteiger partial charge in [0.25, 0.3) is 0 Å². The van der Waals surface area contributed by atoms with Gasteiger partial charge in [-0.3, -0.25) is 0 Å². The summed E-state index contributed by atoms with van der Waals surface area (Å²) in [5.41, 5.74) is 6.71. The summed E-state index contributed by atoms with van der Waals surface area (Å²) in [5.74, 6) is 1.94. The van der Waals surface area contributed by atoms with Crippen LogP contribution in [0.5, 0.6) is 0 Å². The van der Waals surface area contributed by atoms with Gasteiger partial charge in [-0.2, -0.15) is 16.9 Å². The fourth-order valence-corrected chi connectivity index (χ4v) is 1.52. The van der Waals surface area contributed by atoms with E-state index < -0.39 is 0 Å². The van der Waals surface area contributed by atoms with Gasteiger partial charge in [-0.25, -0.2) is 4.68 Å². The average Bonchev–Trinajstić information content (AvgIpc) is 2.31. The molecule has 0 unspecified atom stereocenters. The smallest absolute Gasteiger partial charge is 0.121 e. The molecule has 4 heteroatoms. The number of hydrogen-bond acceptors (Lipinski definition) is 3. The molecule has 0 aliphatic heterocycles. The van der Waals surface area contributed by atoms with Crippen LogP contribution >= 0.6 is 11.8 Å². The first kappa shape index (κ1) is 9.45. The third kappa shape index (κ3) is 2.44. The van der Waals surface area contributed by atoms with Crippen LogP contribution in [-0.4, -0.2) is 21.8 Å². The highest BCUT2D eigenvalue weighted by atomic mass is 32.2. The third-order valence-corrected chi connectivity index (χ3v) is 2.35. The van der Waals surface area contributed by atoms with Crippen molar-refractivity contribution < 1.29 is 0 Å². The van der Waals surface area contributed by atoms with Crippen LogP contribution in [0.2, 0.25) is 0 Å². The van der Waals surface area contributed by atoms with Crippen molar-refractivity contribution in [3.63, 3.8) is 0 Å². The molecule has 0 saturated carbocycles. The van der Waals surface area contributed by atoms with E-state index in [0.29, 0.717) is 0 Å². The number of nitrogens with two attached hydrogens (primary N) is 1. The number of aromatic nitrogens is 2. The lowest BCUT2D eigenvalue weighted by atomic mass is 10.4. The molecular weight excluding hydrogens is 170 g/mol. The van der Waals surface area contributed by atoms with Crippen molar-refractivity contribution in [1.29, 1.82) is 0 Å². The van der Waals surface area contributed by atoms with Gasteiger partial charge in [0.15, 0.2) is 0 Å². The van der Waals surface area contributed by atoms with E-state index in [2.05, 4.69) is 11.4 Å². The van der Waals surface area contributed by atoms with Gasteiger partial charge in [0.1, 0.15) is 5.82 Å². The maximum Gasteiger partial charge on any atom is 0.121 e. The second kappa shape index (κ2) is 4.40. The van der Waals surface area contributed by atoms with Gasteiger partial charge in [0.2, 0.25) is 0 Å². The number of rotatable bonds is 4. The van der Waals surface area contributed by atoms with Gasteiger partial charge in [0, 0.05) is 12.6 Å². The molecule has 0 fully saturated rings. The summed E-state index contributed by atoms with van der Waals surface area (Å²) in [7, 11) is 0. The number of hydrogen-bond donors (Lipinski definition) is 1. The third-order valence-electron chi connectivity index (χ3n) is 1.65. The summed E-state index contributed by atoms with van der Waals surface area (Å²) >= 11 is 1.85. The molecule has 0 spiro atoms. The molecule has 0 atom stereocenters. The summed E-state index contributed by atoms with van der Waals surface area (Å²) in [6, 6.07) is 1.90. The van der Waals surface area contributed by atoms with E-state index in [1.165, 1.54) is 5.75 Å². The van der Waals surface area contributed by atoms with E-state index in [4.69, 9.17) is 5.73 Å². The van der Waals surface area contributed by atoms with Crippen molar-refractivity contribution in [2.75, 3.05) is 17.7 Å². The summed E-state index contributed by atoms with van der Waals surface area (Å²) in [5, 5.41) is 4.26. The molecule has 1 aromatic rings. The number of aryl methyl sites for hydroxylation is 2. The topological polar surface area (TPSA) is 43.8 Å². The minimum absolute atomic E-state index is 0.772. The Morgan fingerprint density at radius 2 is 2.42 bits per heavy atom. The van der Waals surface area contributed by atoms with Crippen LogP contribution in [0.1, 0.15) is 12.1 Å². The SMILES string of the molecule is CSCCCn1nc(C)cc1N. The molecule has 1 rings (SSSR count). The molecule has 68 valence electrons. The maximum absolute atomic E-state index is 5.72. The lowest BCUT2D eigenvalue weighted by Crippen LogP contribution is -2.05. The number of nitrogens with zero attached hydrogens (tertiary/aromatic N) is 2. The molecular formula is C8H15N3S. The fourth-order valence-electron chi connectivity index (χ4n) is 1.10. The first-order valence-electron chi connectivity index (χ1n) is 4.03. The van der Waals surface area contributed by atoms with E-state index in [0.717, 1.165) is 24.5 Å². The largest absolute Gasteiger partial charge is 0.384 e. The maximum atomic E-state index is 5.72. The van der Waals surface area contributed by atoms with E-state index in [-0.39, 0.29) is 0 Å². The van der Waals surface area contributed by atoms with Gasteiger partial charge in [-0.05, 0) is 25.4 Å². The van der Waals surface area contributed by atoms with Crippen molar-refractivity contribution in [1.82, 2.24) is 9.78 Å². The number of anilines is 1. The van der Waals surface area contributed by atoms with Crippen LogP contribution < -0.4 is 5.73 Å². The van der Waals surface area contributed by atoms with Crippen molar-refractivity contribution in [2.24, 2.45) is 0 Å². The van der Waals surface area contributed by atoms with Gasteiger partial charge in [-0.15, -0.1) is 0 Å². The normalized spacial score (nSPS) is 10.5. The monoisotopic (exact) mass is 185 g/mol. The minimum Gasteiger partial charge on any atom is -0.384 e. The molecule has 0 saturated heterocycles. The summed E-state index contributed by atoms with van der Waals surface area (Å²) < 4.78 is 1.87. The molecule has 2 N–H and O–H groups in total. The molecule has 0 bridgehead atoms. The van der Waals surface area contributed by atoms with Crippen molar-refractivity contribution in [3.05, 3.63) is 11.8 Å². The second-order valence-electron chi connectivity index (χ2n) is 2.78. The highest BCUT2D eigenvalue weighted by Crippen LogP contribution is 2.06.